The van der Waals surface area contributed by atoms with Crippen LogP contribution in [0.4, 0.5) is 0 Å². The Bertz CT molecular complexity index is 639. The highest BCUT2D eigenvalue weighted by molar-refractivity contribution is 7.80. The maximum Gasteiger partial charge on any atom is 0.214 e. The molecule has 2 heterocycles. The van der Waals surface area contributed by atoms with Gasteiger partial charge in [-0.15, -0.1) is 0 Å². The summed E-state index contributed by atoms with van der Waals surface area (Å²) in [5, 5.41) is 0.949. The van der Waals surface area contributed by atoms with Crippen molar-refractivity contribution in [2.24, 2.45) is 5.73 Å². The highest BCUT2D eigenvalue weighted by atomic mass is 32.1. The fourth-order valence-electron chi connectivity index (χ4n) is 2.38. The number of pyridine rings is 1. The van der Waals surface area contributed by atoms with E-state index in [4.69, 9.17) is 27.4 Å². The summed E-state index contributed by atoms with van der Waals surface area (Å²) in [6.45, 7) is 1.33. The Morgan fingerprint density at radius 3 is 3.05 bits per heavy atom. The maximum absolute atomic E-state index is 5.79. The summed E-state index contributed by atoms with van der Waals surface area (Å²) in [7, 11) is 0. The summed E-state index contributed by atoms with van der Waals surface area (Å²) in [4.78, 5) is 4.84. The fraction of sp³-hybridized carbons (Fsp3) is 0.333. The first-order chi connectivity index (χ1) is 9.74. The van der Waals surface area contributed by atoms with Crippen LogP contribution in [-0.2, 0) is 4.74 Å². The monoisotopic (exact) mass is 288 g/mol. The van der Waals surface area contributed by atoms with Gasteiger partial charge in [0.25, 0.3) is 0 Å². The van der Waals surface area contributed by atoms with Gasteiger partial charge in [-0.25, -0.2) is 4.98 Å². The Labute approximate surface area is 122 Å². The van der Waals surface area contributed by atoms with Crippen LogP contribution in [0.15, 0.2) is 30.3 Å². The van der Waals surface area contributed by atoms with E-state index in [1.807, 2.05) is 24.3 Å². The number of rotatable bonds is 4. The third-order valence-corrected chi connectivity index (χ3v) is 3.62. The van der Waals surface area contributed by atoms with E-state index in [1.165, 1.54) is 0 Å². The van der Waals surface area contributed by atoms with E-state index in [1.54, 1.807) is 6.07 Å². The molecule has 5 heteroatoms. The van der Waals surface area contributed by atoms with Crippen molar-refractivity contribution in [2.75, 3.05) is 13.2 Å². The molecule has 1 atom stereocenters. The number of ether oxygens (including phenoxy) is 2. The van der Waals surface area contributed by atoms with Crippen LogP contribution < -0.4 is 10.5 Å². The second-order valence-corrected chi connectivity index (χ2v) is 5.28. The highest BCUT2D eigenvalue weighted by Crippen LogP contribution is 2.23. The van der Waals surface area contributed by atoms with E-state index in [0.29, 0.717) is 17.5 Å². The average molecular weight is 288 g/mol. The Morgan fingerprint density at radius 1 is 1.45 bits per heavy atom. The van der Waals surface area contributed by atoms with Crippen LogP contribution in [0.25, 0.3) is 10.9 Å². The Morgan fingerprint density at radius 2 is 2.30 bits per heavy atom. The lowest BCUT2D eigenvalue weighted by molar-refractivity contribution is 0.0664. The van der Waals surface area contributed by atoms with Crippen LogP contribution in [0.3, 0.4) is 0 Å². The first-order valence-electron chi connectivity index (χ1n) is 6.68. The summed E-state index contributed by atoms with van der Waals surface area (Å²) >= 11 is 5.11. The summed E-state index contributed by atoms with van der Waals surface area (Å²) in [6, 6.07) is 9.57. The molecule has 20 heavy (non-hydrogen) atoms. The zero-order chi connectivity index (χ0) is 13.9. The highest BCUT2D eigenvalue weighted by Gasteiger charge is 2.17. The van der Waals surface area contributed by atoms with E-state index in [2.05, 4.69) is 4.98 Å². The molecule has 104 valence electrons. The van der Waals surface area contributed by atoms with Gasteiger partial charge in [-0.3, -0.25) is 0 Å². The summed E-state index contributed by atoms with van der Waals surface area (Å²) in [5.41, 5.74) is 7.42. The Balaban J connectivity index is 1.88. The van der Waals surface area contributed by atoms with Crippen molar-refractivity contribution in [3.8, 4) is 5.88 Å². The van der Waals surface area contributed by atoms with Crippen LogP contribution in [0.5, 0.6) is 5.88 Å². The summed E-state index contributed by atoms with van der Waals surface area (Å²) < 4.78 is 11.3. The number of nitrogens with zero attached hydrogens (tertiary/aromatic N) is 1. The van der Waals surface area contributed by atoms with E-state index >= 15 is 0 Å². The number of aromatic nitrogens is 1. The zero-order valence-electron chi connectivity index (χ0n) is 11.0. The second-order valence-electron chi connectivity index (χ2n) is 4.84. The molecule has 0 amide bonds. The van der Waals surface area contributed by atoms with Crippen LogP contribution in [0.2, 0.25) is 0 Å². The number of fused-ring (bicyclic) bond motifs is 1. The van der Waals surface area contributed by atoms with Crippen molar-refractivity contribution in [3.63, 3.8) is 0 Å². The minimum atomic E-state index is 0.163. The van der Waals surface area contributed by atoms with Gasteiger partial charge in [-0.1, -0.05) is 30.4 Å². The molecule has 0 bridgehead atoms. The predicted molar refractivity (Wildman–Crippen MR) is 82.1 cm³/mol. The van der Waals surface area contributed by atoms with Crippen molar-refractivity contribution >= 4 is 28.1 Å². The van der Waals surface area contributed by atoms with Gasteiger partial charge in [-0.2, -0.15) is 0 Å². The maximum atomic E-state index is 5.79. The molecule has 2 aromatic rings. The second kappa shape index (κ2) is 5.73. The molecule has 1 aromatic carbocycles. The number of hydrogen-bond acceptors (Lipinski definition) is 4. The lowest BCUT2D eigenvalue weighted by atomic mass is 10.1. The third kappa shape index (κ3) is 2.73. The molecule has 0 aliphatic carbocycles. The van der Waals surface area contributed by atoms with Gasteiger partial charge in [-0.05, 0) is 18.9 Å². The first-order valence-corrected chi connectivity index (χ1v) is 7.09. The Hall–Kier alpha value is -1.72. The molecule has 0 spiro atoms. The molecule has 2 N–H and O–H groups in total. The van der Waals surface area contributed by atoms with Gasteiger partial charge in [0.15, 0.2) is 0 Å². The number of para-hydroxylation sites is 1. The molecule has 0 radical (unpaired) electrons. The van der Waals surface area contributed by atoms with Crippen LogP contribution in [0, 0.1) is 0 Å². The lowest BCUT2D eigenvalue weighted by Crippen LogP contribution is -2.17. The molecule has 1 saturated heterocycles. The molecule has 1 aromatic heterocycles. The van der Waals surface area contributed by atoms with Gasteiger partial charge in [0.2, 0.25) is 5.88 Å². The quantitative estimate of drug-likeness (QED) is 0.876. The number of thiocarbonyl (C=S) groups is 1. The number of nitrogens with two attached hydrogens (primary N) is 1. The van der Waals surface area contributed by atoms with Crippen molar-refractivity contribution < 1.29 is 9.47 Å². The minimum Gasteiger partial charge on any atom is -0.475 e. The average Bonchev–Trinajstić information content (AvgIpc) is 2.97. The fourth-order valence-corrected chi connectivity index (χ4v) is 2.55. The first kappa shape index (κ1) is 13.3. The predicted octanol–water partition coefficient (Wildman–Crippen LogP) is 2.43. The van der Waals surface area contributed by atoms with Gasteiger partial charge in [0.1, 0.15) is 11.6 Å². The van der Waals surface area contributed by atoms with Crippen molar-refractivity contribution in [3.05, 3.63) is 35.9 Å². The molecule has 4 nitrogen and oxygen atoms in total. The van der Waals surface area contributed by atoms with Crippen molar-refractivity contribution in [2.45, 2.75) is 18.9 Å². The minimum absolute atomic E-state index is 0.163. The largest absolute Gasteiger partial charge is 0.475 e. The van der Waals surface area contributed by atoms with Gasteiger partial charge in [0, 0.05) is 23.6 Å². The Kier molecular flexibility index (Phi) is 3.80. The molecule has 1 aliphatic rings. The molecule has 1 fully saturated rings. The summed E-state index contributed by atoms with van der Waals surface area (Å²) in [6.07, 6.45) is 2.30. The topological polar surface area (TPSA) is 57.4 Å². The smallest absolute Gasteiger partial charge is 0.214 e. The van der Waals surface area contributed by atoms with Gasteiger partial charge < -0.3 is 15.2 Å². The SMILES string of the molecule is NC(=S)c1cc(OCC2CCCO2)nc2ccccc12. The van der Waals surface area contributed by atoms with E-state index in [9.17, 15) is 0 Å². The van der Waals surface area contributed by atoms with E-state index in [-0.39, 0.29) is 6.10 Å². The molecule has 3 rings (SSSR count). The van der Waals surface area contributed by atoms with Crippen molar-refractivity contribution in [1.82, 2.24) is 4.98 Å². The molecular weight excluding hydrogens is 272 g/mol. The van der Waals surface area contributed by atoms with Gasteiger partial charge >= 0.3 is 0 Å². The van der Waals surface area contributed by atoms with Crippen LogP contribution in [0.1, 0.15) is 18.4 Å². The van der Waals surface area contributed by atoms with E-state index in [0.717, 1.165) is 35.9 Å². The van der Waals surface area contributed by atoms with E-state index < -0.39 is 0 Å². The van der Waals surface area contributed by atoms with Gasteiger partial charge in [0.05, 0.1) is 11.6 Å². The van der Waals surface area contributed by atoms with Crippen LogP contribution in [-0.4, -0.2) is 29.3 Å². The molecular formula is C15H16N2O2S. The van der Waals surface area contributed by atoms with Crippen LogP contribution >= 0.6 is 12.2 Å². The number of benzene rings is 1. The van der Waals surface area contributed by atoms with Crippen molar-refractivity contribution in [1.29, 1.82) is 0 Å². The molecule has 1 aliphatic heterocycles. The number of hydrogen-bond donors (Lipinski definition) is 1. The third-order valence-electron chi connectivity index (χ3n) is 3.40. The molecule has 1 unspecified atom stereocenters. The lowest BCUT2D eigenvalue weighted by Gasteiger charge is -2.12. The standard InChI is InChI=1S/C15H16N2O2S/c16-15(20)12-8-14(19-9-10-4-3-7-18-10)17-13-6-2-1-5-11(12)13/h1-2,5-6,8,10H,3-4,7,9H2,(H2,16,20). The normalized spacial score (nSPS) is 18.3. The summed E-state index contributed by atoms with van der Waals surface area (Å²) in [5.74, 6) is 0.544. The molecule has 0 saturated carbocycles. The zero-order valence-corrected chi connectivity index (χ0v) is 11.9.